The van der Waals surface area contributed by atoms with Gasteiger partial charge in [-0.1, -0.05) is 38.4 Å². The quantitative estimate of drug-likeness (QED) is 0.800. The molecule has 0 aliphatic heterocycles. The van der Waals surface area contributed by atoms with Crippen molar-refractivity contribution in [3.05, 3.63) is 34.3 Å². The van der Waals surface area contributed by atoms with Gasteiger partial charge in [-0.2, -0.15) is 13.2 Å². The van der Waals surface area contributed by atoms with Crippen molar-refractivity contribution in [3.8, 4) is 0 Å². The number of nitrogens with two attached hydrogens (primary N) is 1. The molecule has 0 heterocycles. The Labute approximate surface area is 104 Å². The molecule has 96 valence electrons. The monoisotopic (exact) mass is 265 g/mol. The average molecular weight is 266 g/mol. The molecule has 5 heteroatoms. The molecule has 1 atom stereocenters. The summed E-state index contributed by atoms with van der Waals surface area (Å²) in [7, 11) is 0. The van der Waals surface area contributed by atoms with Crippen molar-refractivity contribution in [2.24, 2.45) is 11.1 Å². The van der Waals surface area contributed by atoms with Gasteiger partial charge in [0.2, 0.25) is 0 Å². The summed E-state index contributed by atoms with van der Waals surface area (Å²) in [6.07, 6.45) is -4.43. The lowest BCUT2D eigenvalue weighted by molar-refractivity contribution is -0.137. The van der Waals surface area contributed by atoms with Crippen LogP contribution in [0, 0.1) is 5.41 Å². The lowest BCUT2D eigenvalue weighted by Crippen LogP contribution is -2.26. The van der Waals surface area contributed by atoms with Crippen molar-refractivity contribution in [2.75, 3.05) is 0 Å². The summed E-state index contributed by atoms with van der Waals surface area (Å²) < 4.78 is 37.5. The van der Waals surface area contributed by atoms with Crippen LogP contribution in [-0.2, 0) is 6.18 Å². The summed E-state index contributed by atoms with van der Waals surface area (Å²) in [6, 6.07) is 3.29. The van der Waals surface area contributed by atoms with Crippen LogP contribution in [0.1, 0.15) is 37.9 Å². The Kier molecular flexibility index (Phi) is 3.79. The van der Waals surface area contributed by atoms with Gasteiger partial charge in [0, 0.05) is 6.04 Å². The second-order valence-electron chi connectivity index (χ2n) is 5.08. The van der Waals surface area contributed by atoms with Crippen LogP contribution in [0.4, 0.5) is 13.2 Å². The molecule has 0 spiro atoms. The zero-order chi connectivity index (χ0) is 13.4. The van der Waals surface area contributed by atoms with E-state index >= 15 is 0 Å². The van der Waals surface area contributed by atoms with E-state index in [1.807, 2.05) is 20.8 Å². The minimum atomic E-state index is -4.43. The molecule has 0 saturated carbocycles. The Morgan fingerprint density at radius 1 is 1.18 bits per heavy atom. The van der Waals surface area contributed by atoms with E-state index in [0.717, 1.165) is 6.07 Å². The fourth-order valence-electron chi connectivity index (χ4n) is 1.45. The first kappa shape index (κ1) is 14.3. The fourth-order valence-corrected chi connectivity index (χ4v) is 1.75. The molecule has 0 bridgehead atoms. The van der Waals surface area contributed by atoms with E-state index < -0.39 is 11.7 Å². The number of hydrogen-bond acceptors (Lipinski definition) is 1. The number of rotatable bonds is 1. The van der Waals surface area contributed by atoms with Crippen LogP contribution in [0.5, 0.6) is 0 Å². The van der Waals surface area contributed by atoms with Crippen LogP contribution in [0.3, 0.4) is 0 Å². The second kappa shape index (κ2) is 4.50. The lowest BCUT2D eigenvalue weighted by Gasteiger charge is -2.27. The van der Waals surface area contributed by atoms with Gasteiger partial charge in [-0.05, 0) is 23.1 Å². The van der Waals surface area contributed by atoms with Crippen LogP contribution in [0.2, 0.25) is 5.02 Å². The van der Waals surface area contributed by atoms with Crippen molar-refractivity contribution >= 4 is 11.6 Å². The standard InChI is InChI=1S/C12H15ClF3N/c1-11(2,3)10(17)7-4-5-8(9(13)6-7)12(14,15)16/h4-6,10H,17H2,1-3H3/t10-/m1/s1. The summed E-state index contributed by atoms with van der Waals surface area (Å²) in [6.45, 7) is 5.76. The lowest BCUT2D eigenvalue weighted by atomic mass is 9.83. The maximum absolute atomic E-state index is 12.5. The van der Waals surface area contributed by atoms with Gasteiger partial charge in [0.25, 0.3) is 0 Å². The molecule has 0 fully saturated rings. The average Bonchev–Trinajstić information content (AvgIpc) is 2.12. The Morgan fingerprint density at radius 2 is 1.71 bits per heavy atom. The second-order valence-corrected chi connectivity index (χ2v) is 5.49. The molecule has 0 unspecified atom stereocenters. The molecule has 1 aromatic carbocycles. The third-order valence-corrected chi connectivity index (χ3v) is 2.90. The topological polar surface area (TPSA) is 26.0 Å². The molecule has 0 amide bonds. The summed E-state index contributed by atoms with van der Waals surface area (Å²) in [5.41, 5.74) is 5.50. The maximum Gasteiger partial charge on any atom is 0.417 e. The van der Waals surface area contributed by atoms with Crippen molar-refractivity contribution in [1.82, 2.24) is 0 Å². The maximum atomic E-state index is 12.5. The summed E-state index contributed by atoms with van der Waals surface area (Å²) in [5.74, 6) is 0. The van der Waals surface area contributed by atoms with E-state index in [1.54, 1.807) is 0 Å². The molecule has 0 aliphatic rings. The highest BCUT2D eigenvalue weighted by atomic mass is 35.5. The normalized spacial score (nSPS) is 14.8. The van der Waals surface area contributed by atoms with Crippen molar-refractivity contribution in [3.63, 3.8) is 0 Å². The summed E-state index contributed by atoms with van der Waals surface area (Å²) >= 11 is 5.63. The van der Waals surface area contributed by atoms with Gasteiger partial charge >= 0.3 is 6.18 Å². The van der Waals surface area contributed by atoms with Crippen LogP contribution in [0.25, 0.3) is 0 Å². The highest BCUT2D eigenvalue weighted by Crippen LogP contribution is 2.38. The van der Waals surface area contributed by atoms with Crippen LogP contribution < -0.4 is 5.73 Å². The Hall–Kier alpha value is -0.740. The molecule has 0 radical (unpaired) electrons. The number of alkyl halides is 3. The summed E-state index contributed by atoms with van der Waals surface area (Å²) in [4.78, 5) is 0. The zero-order valence-corrected chi connectivity index (χ0v) is 10.7. The minimum absolute atomic E-state index is 0.233. The number of benzene rings is 1. The zero-order valence-electron chi connectivity index (χ0n) is 9.90. The third kappa shape index (κ3) is 3.36. The molecular weight excluding hydrogens is 251 g/mol. The molecule has 2 N–H and O–H groups in total. The predicted octanol–water partition coefficient (Wildman–Crippen LogP) is 4.40. The molecule has 1 aromatic rings. The van der Waals surface area contributed by atoms with E-state index in [0.29, 0.717) is 5.56 Å². The minimum Gasteiger partial charge on any atom is -0.324 e. The Balaban J connectivity index is 3.14. The van der Waals surface area contributed by atoms with Gasteiger partial charge in [0.15, 0.2) is 0 Å². The fraction of sp³-hybridized carbons (Fsp3) is 0.500. The van der Waals surface area contributed by atoms with Crippen LogP contribution in [-0.4, -0.2) is 0 Å². The van der Waals surface area contributed by atoms with Gasteiger partial charge in [0.1, 0.15) is 0 Å². The van der Waals surface area contributed by atoms with Gasteiger partial charge in [-0.3, -0.25) is 0 Å². The largest absolute Gasteiger partial charge is 0.417 e. The first-order chi connectivity index (χ1) is 7.53. The van der Waals surface area contributed by atoms with E-state index in [2.05, 4.69) is 0 Å². The Morgan fingerprint density at radius 3 is 2.06 bits per heavy atom. The molecule has 0 aromatic heterocycles. The molecular formula is C12H15ClF3N. The molecule has 1 nitrogen and oxygen atoms in total. The summed E-state index contributed by atoms with van der Waals surface area (Å²) in [5, 5.41) is -0.310. The van der Waals surface area contributed by atoms with Gasteiger partial charge in [0.05, 0.1) is 10.6 Å². The smallest absolute Gasteiger partial charge is 0.324 e. The van der Waals surface area contributed by atoms with Crippen LogP contribution in [0.15, 0.2) is 18.2 Å². The molecule has 1 rings (SSSR count). The first-order valence-corrected chi connectivity index (χ1v) is 5.53. The molecule has 0 saturated heterocycles. The highest BCUT2D eigenvalue weighted by Gasteiger charge is 2.33. The Bertz CT molecular complexity index is 407. The number of halogens is 4. The number of hydrogen-bond donors (Lipinski definition) is 1. The van der Waals surface area contributed by atoms with E-state index in [4.69, 9.17) is 17.3 Å². The van der Waals surface area contributed by atoms with E-state index in [1.165, 1.54) is 12.1 Å². The van der Waals surface area contributed by atoms with E-state index in [-0.39, 0.29) is 16.5 Å². The SMILES string of the molecule is CC(C)(C)[C@H](N)c1ccc(C(F)(F)F)c(Cl)c1. The third-order valence-electron chi connectivity index (χ3n) is 2.59. The van der Waals surface area contributed by atoms with Gasteiger partial charge < -0.3 is 5.73 Å². The van der Waals surface area contributed by atoms with Crippen molar-refractivity contribution in [2.45, 2.75) is 33.0 Å². The van der Waals surface area contributed by atoms with Crippen molar-refractivity contribution < 1.29 is 13.2 Å². The van der Waals surface area contributed by atoms with E-state index in [9.17, 15) is 13.2 Å². The van der Waals surface area contributed by atoms with Crippen LogP contribution >= 0.6 is 11.6 Å². The van der Waals surface area contributed by atoms with Gasteiger partial charge in [-0.25, -0.2) is 0 Å². The molecule has 17 heavy (non-hydrogen) atoms. The van der Waals surface area contributed by atoms with Gasteiger partial charge in [-0.15, -0.1) is 0 Å². The first-order valence-electron chi connectivity index (χ1n) is 5.15. The predicted molar refractivity (Wildman–Crippen MR) is 62.8 cm³/mol. The van der Waals surface area contributed by atoms with Crippen molar-refractivity contribution in [1.29, 1.82) is 0 Å². The molecule has 0 aliphatic carbocycles. The highest BCUT2D eigenvalue weighted by molar-refractivity contribution is 6.31.